The van der Waals surface area contributed by atoms with Crippen molar-refractivity contribution in [2.75, 3.05) is 0 Å². The van der Waals surface area contributed by atoms with Crippen molar-refractivity contribution in [3.8, 4) is 11.1 Å². The first-order valence-corrected chi connectivity index (χ1v) is 8.50. The molecule has 1 aliphatic rings. The Morgan fingerprint density at radius 3 is 2.42 bits per heavy atom. The topological polar surface area (TPSA) is 13.1 Å². The minimum atomic E-state index is 0.945. The van der Waals surface area contributed by atoms with Crippen molar-refractivity contribution in [3.63, 3.8) is 0 Å². The smallest absolute Gasteiger partial charge is 0.130 e. The number of hydrogen-bond donors (Lipinski definition) is 0. The third-order valence-electron chi connectivity index (χ3n) is 5.03. The van der Waals surface area contributed by atoms with Gasteiger partial charge in [0.25, 0.3) is 0 Å². The highest BCUT2D eigenvalue weighted by atomic mass is 16.3. The van der Waals surface area contributed by atoms with E-state index in [0.29, 0.717) is 0 Å². The highest BCUT2D eigenvalue weighted by molar-refractivity contribution is 5.94. The molecule has 0 bridgehead atoms. The van der Waals surface area contributed by atoms with Crippen molar-refractivity contribution in [1.29, 1.82) is 0 Å². The minimum absolute atomic E-state index is 0.945. The number of fused-ring (bicyclic) bond motifs is 1. The molecule has 0 atom stereocenters. The molecule has 2 aromatic carbocycles. The van der Waals surface area contributed by atoms with E-state index in [-0.39, 0.29) is 0 Å². The Morgan fingerprint density at radius 2 is 1.71 bits per heavy atom. The second-order valence-corrected chi connectivity index (χ2v) is 6.90. The van der Waals surface area contributed by atoms with E-state index in [4.69, 9.17) is 4.42 Å². The molecule has 3 aromatic rings. The average molecular weight is 314 g/mol. The summed E-state index contributed by atoms with van der Waals surface area (Å²) in [5, 5.41) is 0. The van der Waals surface area contributed by atoms with Crippen LogP contribution in [0.25, 0.3) is 22.8 Å². The summed E-state index contributed by atoms with van der Waals surface area (Å²) in [6.45, 7) is 8.49. The molecule has 0 saturated carbocycles. The zero-order valence-corrected chi connectivity index (χ0v) is 14.7. The fourth-order valence-electron chi connectivity index (χ4n) is 3.59. The van der Waals surface area contributed by atoms with E-state index in [9.17, 15) is 0 Å². The standard InChI is InChI=1S/C23H22O/c1-14-6-5-7-19(10-14)23-15(2)8-9-18-12-20(13-21(18)23)22-11-16(3)17(4)24-22/h5-11,13H,12H2,1-4H3. The van der Waals surface area contributed by atoms with E-state index in [1.54, 1.807) is 0 Å². The maximum atomic E-state index is 5.96. The first kappa shape index (κ1) is 15.0. The number of rotatable bonds is 2. The Labute approximate surface area is 143 Å². The van der Waals surface area contributed by atoms with Gasteiger partial charge in [0.2, 0.25) is 0 Å². The van der Waals surface area contributed by atoms with Gasteiger partial charge < -0.3 is 4.42 Å². The highest BCUT2D eigenvalue weighted by Crippen LogP contribution is 2.40. The van der Waals surface area contributed by atoms with Crippen LogP contribution in [0.15, 0.2) is 46.9 Å². The van der Waals surface area contributed by atoms with Gasteiger partial charge in [-0.2, -0.15) is 0 Å². The molecule has 0 radical (unpaired) electrons. The van der Waals surface area contributed by atoms with Gasteiger partial charge in [-0.05, 0) is 78.8 Å². The number of hydrogen-bond acceptors (Lipinski definition) is 1. The molecule has 4 rings (SSSR count). The fourth-order valence-corrected chi connectivity index (χ4v) is 3.59. The zero-order valence-electron chi connectivity index (χ0n) is 14.7. The molecule has 120 valence electrons. The van der Waals surface area contributed by atoms with Gasteiger partial charge in [-0.25, -0.2) is 0 Å². The SMILES string of the molecule is Cc1cccc(-c2c(C)ccc3c2C=C(c2cc(C)c(C)o2)C3)c1. The third-order valence-corrected chi connectivity index (χ3v) is 5.03. The lowest BCUT2D eigenvalue weighted by Gasteiger charge is -2.12. The predicted octanol–water partition coefficient (Wildman–Crippen LogP) is 6.28. The minimum Gasteiger partial charge on any atom is -0.461 e. The Morgan fingerprint density at radius 1 is 0.875 bits per heavy atom. The van der Waals surface area contributed by atoms with Crippen LogP contribution >= 0.6 is 0 Å². The first-order valence-electron chi connectivity index (χ1n) is 8.50. The second kappa shape index (κ2) is 5.52. The summed E-state index contributed by atoms with van der Waals surface area (Å²) in [7, 11) is 0. The largest absolute Gasteiger partial charge is 0.461 e. The van der Waals surface area contributed by atoms with Crippen LogP contribution in [0.4, 0.5) is 0 Å². The van der Waals surface area contributed by atoms with Gasteiger partial charge in [0, 0.05) is 6.42 Å². The van der Waals surface area contributed by atoms with Crippen LogP contribution in [-0.4, -0.2) is 0 Å². The molecule has 1 heteroatoms. The van der Waals surface area contributed by atoms with Crippen molar-refractivity contribution in [1.82, 2.24) is 0 Å². The van der Waals surface area contributed by atoms with E-state index in [1.807, 2.05) is 6.92 Å². The summed E-state index contributed by atoms with van der Waals surface area (Å²) < 4.78 is 5.96. The summed E-state index contributed by atoms with van der Waals surface area (Å²) >= 11 is 0. The molecule has 0 fully saturated rings. The van der Waals surface area contributed by atoms with Gasteiger partial charge in [-0.1, -0.05) is 42.0 Å². The molecular formula is C23H22O. The quantitative estimate of drug-likeness (QED) is 0.543. The summed E-state index contributed by atoms with van der Waals surface area (Å²) in [5.74, 6) is 2.02. The van der Waals surface area contributed by atoms with Crippen molar-refractivity contribution in [2.45, 2.75) is 34.1 Å². The zero-order chi connectivity index (χ0) is 16.8. The number of benzene rings is 2. The lowest BCUT2D eigenvalue weighted by molar-refractivity contribution is 0.518. The molecule has 0 unspecified atom stereocenters. The summed E-state index contributed by atoms with van der Waals surface area (Å²) in [6.07, 6.45) is 3.26. The van der Waals surface area contributed by atoms with Crippen LogP contribution in [0.5, 0.6) is 0 Å². The Hall–Kier alpha value is -2.54. The van der Waals surface area contributed by atoms with Crippen molar-refractivity contribution in [2.24, 2.45) is 0 Å². The molecule has 1 heterocycles. The monoisotopic (exact) mass is 314 g/mol. The van der Waals surface area contributed by atoms with Gasteiger partial charge in [-0.3, -0.25) is 0 Å². The van der Waals surface area contributed by atoms with Crippen molar-refractivity contribution in [3.05, 3.63) is 81.8 Å². The molecule has 1 nitrogen and oxygen atoms in total. The van der Waals surface area contributed by atoms with Gasteiger partial charge in [0.15, 0.2) is 0 Å². The van der Waals surface area contributed by atoms with Crippen LogP contribution < -0.4 is 0 Å². The molecule has 24 heavy (non-hydrogen) atoms. The highest BCUT2D eigenvalue weighted by Gasteiger charge is 2.21. The van der Waals surface area contributed by atoms with Crippen LogP contribution in [0.2, 0.25) is 0 Å². The van der Waals surface area contributed by atoms with E-state index in [0.717, 1.165) is 17.9 Å². The number of furan rings is 1. The molecular weight excluding hydrogens is 292 g/mol. The van der Waals surface area contributed by atoms with E-state index >= 15 is 0 Å². The van der Waals surface area contributed by atoms with Crippen LogP contribution in [0.3, 0.4) is 0 Å². The van der Waals surface area contributed by atoms with Gasteiger partial charge in [0.05, 0.1) is 0 Å². The molecule has 0 saturated heterocycles. The fraction of sp³-hybridized carbons (Fsp3) is 0.217. The van der Waals surface area contributed by atoms with Gasteiger partial charge >= 0.3 is 0 Å². The van der Waals surface area contributed by atoms with Crippen LogP contribution in [-0.2, 0) is 6.42 Å². The maximum Gasteiger partial charge on any atom is 0.130 e. The van der Waals surface area contributed by atoms with Gasteiger partial charge in [-0.15, -0.1) is 0 Å². The number of aryl methyl sites for hydroxylation is 4. The summed E-state index contributed by atoms with van der Waals surface area (Å²) in [6, 6.07) is 15.4. The van der Waals surface area contributed by atoms with Crippen molar-refractivity contribution >= 4 is 11.6 Å². The number of allylic oxidation sites excluding steroid dienone is 1. The average Bonchev–Trinajstić information content (AvgIpc) is 3.11. The van der Waals surface area contributed by atoms with E-state index < -0.39 is 0 Å². The summed E-state index contributed by atoms with van der Waals surface area (Å²) in [4.78, 5) is 0. The lowest BCUT2D eigenvalue weighted by Crippen LogP contribution is -1.91. The molecule has 0 aliphatic heterocycles. The van der Waals surface area contributed by atoms with Crippen LogP contribution in [0.1, 0.15) is 39.3 Å². The molecule has 0 amide bonds. The van der Waals surface area contributed by atoms with Crippen molar-refractivity contribution < 1.29 is 4.42 Å². The second-order valence-electron chi connectivity index (χ2n) is 6.90. The predicted molar refractivity (Wildman–Crippen MR) is 101 cm³/mol. The lowest BCUT2D eigenvalue weighted by atomic mass is 9.92. The Bertz CT molecular complexity index is 950. The first-order chi connectivity index (χ1) is 11.5. The molecule has 0 N–H and O–H groups in total. The molecule has 0 spiro atoms. The third kappa shape index (κ3) is 2.41. The molecule has 1 aliphatic carbocycles. The Kier molecular flexibility index (Phi) is 3.45. The van der Waals surface area contributed by atoms with E-state index in [1.165, 1.54) is 44.5 Å². The van der Waals surface area contributed by atoms with E-state index in [2.05, 4.69) is 69.3 Å². The van der Waals surface area contributed by atoms with Crippen LogP contribution in [0, 0.1) is 27.7 Å². The maximum absolute atomic E-state index is 5.96. The van der Waals surface area contributed by atoms with Gasteiger partial charge in [0.1, 0.15) is 11.5 Å². The normalized spacial score (nSPS) is 13.1. The summed E-state index contributed by atoms with van der Waals surface area (Å²) in [5.41, 5.74) is 10.5. The molecule has 1 aromatic heterocycles. The Balaban J connectivity index is 1.87.